The Hall–Kier alpha value is -3.47. The summed E-state index contributed by atoms with van der Waals surface area (Å²) in [5.41, 5.74) is 1.51. The Morgan fingerprint density at radius 1 is 0.973 bits per heavy atom. The maximum Gasteiger partial charge on any atom is 0.261 e. The summed E-state index contributed by atoms with van der Waals surface area (Å²) >= 11 is 1.46. The Kier molecular flexibility index (Phi) is 8.42. The van der Waals surface area contributed by atoms with E-state index < -0.39 is 10.0 Å². The maximum absolute atomic E-state index is 13.8. The molecule has 1 N–H and O–H groups in total. The van der Waals surface area contributed by atoms with Crippen LogP contribution in [0.2, 0.25) is 0 Å². The van der Waals surface area contributed by atoms with E-state index in [1.807, 2.05) is 24.3 Å². The van der Waals surface area contributed by atoms with Crippen molar-refractivity contribution in [2.45, 2.75) is 18.7 Å². The van der Waals surface area contributed by atoms with Crippen molar-refractivity contribution < 1.29 is 17.9 Å². The summed E-state index contributed by atoms with van der Waals surface area (Å²) in [6.45, 7) is 7.08. The van der Waals surface area contributed by atoms with E-state index in [1.54, 1.807) is 41.3 Å². The molecule has 0 saturated carbocycles. The molecule has 1 aromatic heterocycles. The number of ether oxygens (including phenoxy) is 1. The Balaban J connectivity index is 1.61. The topological polar surface area (TPSA) is 91.8 Å². The van der Waals surface area contributed by atoms with Crippen LogP contribution in [0.3, 0.4) is 0 Å². The predicted octanol–water partition coefficient (Wildman–Crippen LogP) is 5.09. The number of nitrogens with zero attached hydrogens (tertiary/aromatic N) is 3. The first-order valence-electron chi connectivity index (χ1n) is 12.0. The number of hydrogen-bond acceptors (Lipinski definition) is 7. The Morgan fingerprint density at radius 3 is 2.38 bits per heavy atom. The van der Waals surface area contributed by atoms with Gasteiger partial charge in [0, 0.05) is 24.3 Å². The van der Waals surface area contributed by atoms with E-state index in [0.717, 1.165) is 23.3 Å². The third kappa shape index (κ3) is 6.27. The molecule has 0 aliphatic heterocycles. The standard InChI is InChI=1S/C27H30N4O4S2/c1-4-30(5-2)17-18-31(27-28-24-11-6-7-12-25(24)36-27)26(32)20-9-8-10-21(19-20)29-37(33,34)23-15-13-22(35-3)14-16-23/h6-16,19,29H,4-5,17-18H2,1-3H3. The molecular formula is C27H30N4O4S2. The highest BCUT2D eigenvalue weighted by Crippen LogP contribution is 2.30. The lowest BCUT2D eigenvalue weighted by molar-refractivity contribution is 0.0984. The third-order valence-corrected chi connectivity index (χ3v) is 8.48. The number of benzene rings is 3. The zero-order chi connectivity index (χ0) is 26.4. The molecule has 194 valence electrons. The number of fused-ring (bicyclic) bond motifs is 1. The molecule has 8 nitrogen and oxygen atoms in total. The van der Waals surface area contributed by atoms with Gasteiger partial charge in [0.2, 0.25) is 0 Å². The van der Waals surface area contributed by atoms with Crippen molar-refractivity contribution in [1.29, 1.82) is 0 Å². The molecule has 3 aromatic carbocycles. The molecule has 0 bridgehead atoms. The Morgan fingerprint density at radius 2 is 1.70 bits per heavy atom. The number of amides is 1. The van der Waals surface area contributed by atoms with E-state index in [1.165, 1.54) is 30.6 Å². The lowest BCUT2D eigenvalue weighted by Crippen LogP contribution is -2.38. The summed E-state index contributed by atoms with van der Waals surface area (Å²) in [5, 5.41) is 0.613. The van der Waals surface area contributed by atoms with Crippen molar-refractivity contribution in [2.24, 2.45) is 0 Å². The van der Waals surface area contributed by atoms with Crippen LogP contribution in [0.25, 0.3) is 10.2 Å². The van der Waals surface area contributed by atoms with Crippen molar-refractivity contribution in [3.05, 3.63) is 78.4 Å². The number of sulfonamides is 1. The van der Waals surface area contributed by atoms with Gasteiger partial charge in [-0.1, -0.05) is 43.4 Å². The van der Waals surface area contributed by atoms with Gasteiger partial charge in [0.15, 0.2) is 5.13 Å². The molecule has 0 spiro atoms. The van der Waals surface area contributed by atoms with E-state index in [4.69, 9.17) is 9.72 Å². The van der Waals surface area contributed by atoms with Crippen LogP contribution in [-0.2, 0) is 10.0 Å². The van der Waals surface area contributed by atoms with Crippen molar-refractivity contribution in [3.8, 4) is 5.75 Å². The second kappa shape index (κ2) is 11.7. The summed E-state index contributed by atoms with van der Waals surface area (Å²) in [7, 11) is -2.33. The van der Waals surface area contributed by atoms with Crippen LogP contribution in [0.5, 0.6) is 5.75 Å². The van der Waals surface area contributed by atoms with Crippen LogP contribution in [0.1, 0.15) is 24.2 Å². The smallest absolute Gasteiger partial charge is 0.261 e. The number of aromatic nitrogens is 1. The van der Waals surface area contributed by atoms with Gasteiger partial charge in [-0.3, -0.25) is 14.4 Å². The summed E-state index contributed by atoms with van der Waals surface area (Å²) in [5.74, 6) is 0.322. The van der Waals surface area contributed by atoms with Crippen LogP contribution >= 0.6 is 11.3 Å². The fourth-order valence-corrected chi connectivity index (χ4v) is 5.92. The maximum atomic E-state index is 13.8. The number of likely N-dealkylation sites (N-methyl/N-ethyl adjacent to an activating group) is 1. The van der Waals surface area contributed by atoms with Gasteiger partial charge in [0.05, 0.1) is 22.2 Å². The van der Waals surface area contributed by atoms with Gasteiger partial charge in [-0.15, -0.1) is 0 Å². The number of hydrogen-bond donors (Lipinski definition) is 1. The first-order chi connectivity index (χ1) is 17.8. The SMILES string of the molecule is CCN(CC)CCN(C(=O)c1cccc(NS(=O)(=O)c2ccc(OC)cc2)c1)c1nc2ccccc2s1. The minimum atomic E-state index is -3.85. The molecule has 0 radical (unpaired) electrons. The second-order valence-corrected chi connectivity index (χ2v) is 11.0. The fraction of sp³-hybridized carbons (Fsp3) is 0.259. The predicted molar refractivity (Wildman–Crippen MR) is 149 cm³/mol. The van der Waals surface area contributed by atoms with Crippen LogP contribution in [0, 0.1) is 0 Å². The van der Waals surface area contributed by atoms with Crippen molar-refractivity contribution in [2.75, 3.05) is 42.9 Å². The van der Waals surface area contributed by atoms with Gasteiger partial charge in [-0.25, -0.2) is 13.4 Å². The molecular weight excluding hydrogens is 508 g/mol. The summed E-state index contributed by atoms with van der Waals surface area (Å²) < 4.78 is 34.5. The van der Waals surface area contributed by atoms with Gasteiger partial charge in [-0.05, 0) is 67.7 Å². The number of rotatable bonds is 11. The van der Waals surface area contributed by atoms with Gasteiger partial charge in [0.25, 0.3) is 15.9 Å². The van der Waals surface area contributed by atoms with E-state index in [9.17, 15) is 13.2 Å². The van der Waals surface area contributed by atoms with E-state index in [0.29, 0.717) is 35.2 Å². The van der Waals surface area contributed by atoms with Gasteiger partial charge >= 0.3 is 0 Å². The molecule has 0 aliphatic carbocycles. The molecule has 0 saturated heterocycles. The van der Waals surface area contributed by atoms with Gasteiger partial charge in [-0.2, -0.15) is 0 Å². The normalized spacial score (nSPS) is 11.6. The number of anilines is 2. The average molecular weight is 539 g/mol. The van der Waals surface area contributed by atoms with Crippen LogP contribution < -0.4 is 14.4 Å². The summed E-state index contributed by atoms with van der Waals surface area (Å²) in [6, 6.07) is 20.4. The zero-order valence-electron chi connectivity index (χ0n) is 21.0. The molecule has 0 unspecified atom stereocenters. The van der Waals surface area contributed by atoms with Crippen LogP contribution in [-0.4, -0.2) is 57.5 Å². The largest absolute Gasteiger partial charge is 0.497 e. The summed E-state index contributed by atoms with van der Waals surface area (Å²) in [6.07, 6.45) is 0. The van der Waals surface area contributed by atoms with E-state index >= 15 is 0 Å². The second-order valence-electron chi connectivity index (χ2n) is 8.31. The fourth-order valence-electron chi connectivity index (χ4n) is 3.88. The van der Waals surface area contributed by atoms with Crippen LogP contribution in [0.4, 0.5) is 10.8 Å². The van der Waals surface area contributed by atoms with Gasteiger partial charge in [0.1, 0.15) is 5.75 Å². The van der Waals surface area contributed by atoms with Gasteiger partial charge < -0.3 is 9.64 Å². The first-order valence-corrected chi connectivity index (χ1v) is 14.3. The quantitative estimate of drug-likeness (QED) is 0.286. The highest BCUT2D eigenvalue weighted by Gasteiger charge is 2.23. The third-order valence-electron chi connectivity index (χ3n) is 6.02. The number of para-hydroxylation sites is 1. The van der Waals surface area contributed by atoms with E-state index in [2.05, 4.69) is 23.5 Å². The van der Waals surface area contributed by atoms with E-state index in [-0.39, 0.29) is 10.8 Å². The van der Waals surface area contributed by atoms with Crippen molar-refractivity contribution in [1.82, 2.24) is 9.88 Å². The molecule has 0 atom stereocenters. The molecule has 0 fully saturated rings. The number of nitrogens with one attached hydrogen (secondary N) is 1. The number of methoxy groups -OCH3 is 1. The minimum absolute atomic E-state index is 0.0976. The molecule has 4 aromatic rings. The molecule has 0 aliphatic rings. The lowest BCUT2D eigenvalue weighted by atomic mass is 10.2. The first kappa shape index (κ1) is 26.6. The summed E-state index contributed by atoms with van der Waals surface area (Å²) in [4.78, 5) is 22.5. The molecule has 1 heterocycles. The molecule has 10 heteroatoms. The molecule has 37 heavy (non-hydrogen) atoms. The average Bonchev–Trinajstić information content (AvgIpc) is 3.35. The highest BCUT2D eigenvalue weighted by atomic mass is 32.2. The van der Waals surface area contributed by atoms with Crippen LogP contribution in [0.15, 0.2) is 77.7 Å². The Bertz CT molecular complexity index is 1430. The van der Waals surface area contributed by atoms with Crippen molar-refractivity contribution >= 4 is 48.3 Å². The number of carbonyl (C=O) groups is 1. The minimum Gasteiger partial charge on any atom is -0.497 e. The highest BCUT2D eigenvalue weighted by molar-refractivity contribution is 7.92. The lowest BCUT2D eigenvalue weighted by Gasteiger charge is -2.25. The monoisotopic (exact) mass is 538 g/mol. The molecule has 1 amide bonds. The number of thiazole rings is 1. The number of carbonyl (C=O) groups excluding carboxylic acids is 1. The zero-order valence-corrected chi connectivity index (χ0v) is 22.7. The van der Waals surface area contributed by atoms with Crippen molar-refractivity contribution in [3.63, 3.8) is 0 Å². The Labute approximate surface area is 221 Å². The molecule has 4 rings (SSSR count).